The van der Waals surface area contributed by atoms with Crippen molar-refractivity contribution >= 4 is 23.2 Å². The van der Waals surface area contributed by atoms with Gasteiger partial charge in [0.25, 0.3) is 0 Å². The Balaban J connectivity index is 1.98. The molecule has 0 aromatic heterocycles. The number of ether oxygens (including phenoxy) is 2. The summed E-state index contributed by atoms with van der Waals surface area (Å²) in [6, 6.07) is 20.9. The molecule has 0 fully saturated rings. The quantitative estimate of drug-likeness (QED) is 0.308. The third-order valence-electron chi connectivity index (χ3n) is 5.68. The minimum absolute atomic E-state index is 0.179. The first-order valence-corrected chi connectivity index (χ1v) is 11.5. The van der Waals surface area contributed by atoms with Gasteiger partial charge in [0, 0.05) is 11.1 Å². The Morgan fingerprint density at radius 3 is 2.21 bits per heavy atom. The molecule has 3 aromatic rings. The topological polar surface area (TPSA) is 62.8 Å². The van der Waals surface area contributed by atoms with Crippen LogP contribution in [0.3, 0.4) is 0 Å². The second-order valence-electron chi connectivity index (χ2n) is 7.71. The Labute approximate surface area is 205 Å². The van der Waals surface area contributed by atoms with Crippen molar-refractivity contribution in [1.82, 2.24) is 10.6 Å². The second-order valence-corrected chi connectivity index (χ2v) is 8.52. The first kappa shape index (κ1) is 25.3. The van der Waals surface area contributed by atoms with Crippen molar-refractivity contribution in [1.29, 1.82) is 0 Å². The Kier molecular flexibility index (Phi) is 9.41. The number of hydrogen-bond acceptors (Lipinski definition) is 5. The Hall–Kier alpha value is -2.28. The zero-order valence-electron chi connectivity index (χ0n) is 19.0. The SMILES string of the molecule is CNC(O)[C@@H](N[C@H](CCc1ccc(Cl)cc1)c1ccc(OC)c(OC)c1Cl)c1ccccc1. The average Bonchev–Trinajstić information content (AvgIpc) is 2.85. The molecule has 0 aliphatic rings. The standard InChI is InChI=1S/C26H30Cl2N2O3/c1-29-26(31)24(18-7-5-4-6-8-18)30-21(15-11-17-9-12-19(27)13-10-17)20-14-16-22(32-2)25(33-3)23(20)28/h4-10,12-14,16,21,24,26,29-31H,11,15H2,1-3H3/t21-,24+,26?/m1/s1. The summed E-state index contributed by atoms with van der Waals surface area (Å²) in [6.45, 7) is 0. The molecule has 1 unspecified atom stereocenters. The lowest BCUT2D eigenvalue weighted by molar-refractivity contribution is 0.0947. The molecule has 33 heavy (non-hydrogen) atoms. The molecule has 0 saturated heterocycles. The van der Waals surface area contributed by atoms with Crippen LogP contribution in [0.2, 0.25) is 10.0 Å². The van der Waals surface area contributed by atoms with E-state index in [4.69, 9.17) is 32.7 Å². The van der Waals surface area contributed by atoms with Gasteiger partial charge in [0.15, 0.2) is 11.5 Å². The second kappa shape index (κ2) is 12.3. The van der Waals surface area contributed by atoms with Crippen molar-refractivity contribution in [3.05, 3.63) is 93.5 Å². The smallest absolute Gasteiger partial charge is 0.179 e. The van der Waals surface area contributed by atoms with E-state index >= 15 is 0 Å². The maximum Gasteiger partial charge on any atom is 0.179 e. The molecule has 0 aliphatic carbocycles. The van der Waals surface area contributed by atoms with Crippen molar-refractivity contribution in [3.63, 3.8) is 0 Å². The van der Waals surface area contributed by atoms with Crippen LogP contribution in [0.4, 0.5) is 0 Å². The monoisotopic (exact) mass is 488 g/mol. The van der Waals surface area contributed by atoms with E-state index in [9.17, 15) is 5.11 Å². The van der Waals surface area contributed by atoms with E-state index in [2.05, 4.69) is 10.6 Å². The molecule has 7 heteroatoms. The summed E-state index contributed by atoms with van der Waals surface area (Å²) < 4.78 is 10.9. The summed E-state index contributed by atoms with van der Waals surface area (Å²) in [6.07, 6.45) is 0.720. The Morgan fingerprint density at radius 1 is 0.909 bits per heavy atom. The summed E-state index contributed by atoms with van der Waals surface area (Å²) in [5.74, 6) is 1.05. The molecule has 5 nitrogen and oxygen atoms in total. The minimum atomic E-state index is -0.802. The summed E-state index contributed by atoms with van der Waals surface area (Å²) in [5.41, 5.74) is 2.99. The number of aliphatic hydroxyl groups is 1. The lowest BCUT2D eigenvalue weighted by atomic mass is 9.95. The van der Waals surface area contributed by atoms with Gasteiger partial charge in [-0.3, -0.25) is 10.6 Å². The summed E-state index contributed by atoms with van der Waals surface area (Å²) in [4.78, 5) is 0. The first-order valence-electron chi connectivity index (χ1n) is 10.8. The van der Waals surface area contributed by atoms with Crippen LogP contribution in [0, 0.1) is 0 Å². The van der Waals surface area contributed by atoms with Gasteiger partial charge in [-0.05, 0) is 54.8 Å². The van der Waals surface area contributed by atoms with Gasteiger partial charge in [0.1, 0.15) is 6.23 Å². The third-order valence-corrected chi connectivity index (χ3v) is 6.32. The molecule has 0 bridgehead atoms. The number of halogens is 2. The predicted molar refractivity (Wildman–Crippen MR) is 134 cm³/mol. The number of likely N-dealkylation sites (N-methyl/N-ethyl adjacent to an activating group) is 1. The van der Waals surface area contributed by atoms with E-state index in [1.165, 1.54) is 0 Å². The van der Waals surface area contributed by atoms with Crippen LogP contribution in [0.15, 0.2) is 66.7 Å². The molecular formula is C26H30Cl2N2O3. The largest absolute Gasteiger partial charge is 0.493 e. The molecule has 3 atom stereocenters. The van der Waals surface area contributed by atoms with Crippen molar-refractivity contribution in [3.8, 4) is 11.5 Å². The number of methoxy groups -OCH3 is 2. The molecule has 176 valence electrons. The van der Waals surface area contributed by atoms with Gasteiger partial charge < -0.3 is 14.6 Å². The molecule has 0 radical (unpaired) electrons. The highest BCUT2D eigenvalue weighted by molar-refractivity contribution is 6.33. The maximum absolute atomic E-state index is 10.8. The van der Waals surface area contributed by atoms with Gasteiger partial charge in [-0.25, -0.2) is 0 Å². The number of benzene rings is 3. The lowest BCUT2D eigenvalue weighted by Crippen LogP contribution is -2.41. The van der Waals surface area contributed by atoms with Crippen molar-refractivity contribution in [2.75, 3.05) is 21.3 Å². The van der Waals surface area contributed by atoms with E-state index in [1.54, 1.807) is 21.3 Å². The molecule has 0 saturated carbocycles. The fourth-order valence-electron chi connectivity index (χ4n) is 3.88. The number of nitrogens with one attached hydrogen (secondary N) is 2. The van der Waals surface area contributed by atoms with Crippen LogP contribution in [0.5, 0.6) is 11.5 Å². The fourth-order valence-corrected chi connectivity index (χ4v) is 4.37. The van der Waals surface area contributed by atoms with E-state index in [0.717, 1.165) is 29.5 Å². The van der Waals surface area contributed by atoms with Gasteiger partial charge in [0.2, 0.25) is 0 Å². The van der Waals surface area contributed by atoms with Gasteiger partial charge in [-0.2, -0.15) is 0 Å². The maximum atomic E-state index is 10.8. The predicted octanol–water partition coefficient (Wildman–Crippen LogP) is 5.55. The van der Waals surface area contributed by atoms with Crippen LogP contribution in [0.25, 0.3) is 0 Å². The highest BCUT2D eigenvalue weighted by Crippen LogP contribution is 2.41. The van der Waals surface area contributed by atoms with E-state index < -0.39 is 6.23 Å². The zero-order valence-corrected chi connectivity index (χ0v) is 20.5. The van der Waals surface area contributed by atoms with Crippen molar-refractivity contribution < 1.29 is 14.6 Å². The number of hydrogen-bond donors (Lipinski definition) is 3. The average molecular weight is 489 g/mol. The zero-order chi connectivity index (χ0) is 23.8. The number of aryl methyl sites for hydroxylation is 1. The van der Waals surface area contributed by atoms with Gasteiger partial charge >= 0.3 is 0 Å². The van der Waals surface area contributed by atoms with Crippen LogP contribution in [-0.2, 0) is 6.42 Å². The van der Waals surface area contributed by atoms with E-state index in [0.29, 0.717) is 21.5 Å². The third kappa shape index (κ3) is 6.40. The number of aliphatic hydroxyl groups excluding tert-OH is 1. The first-order chi connectivity index (χ1) is 16.0. The number of rotatable bonds is 11. The molecule has 0 heterocycles. The Bertz CT molecular complexity index is 1020. The molecule has 3 rings (SSSR count). The molecule has 3 aromatic carbocycles. The Morgan fingerprint density at radius 2 is 1.61 bits per heavy atom. The van der Waals surface area contributed by atoms with Crippen molar-refractivity contribution in [2.24, 2.45) is 0 Å². The van der Waals surface area contributed by atoms with Crippen LogP contribution in [0.1, 0.15) is 35.2 Å². The van der Waals surface area contributed by atoms with Crippen LogP contribution >= 0.6 is 23.2 Å². The molecule has 0 spiro atoms. The van der Waals surface area contributed by atoms with E-state index in [-0.39, 0.29) is 12.1 Å². The van der Waals surface area contributed by atoms with Gasteiger partial charge in [0.05, 0.1) is 25.3 Å². The molecule has 0 aliphatic heterocycles. The fraction of sp³-hybridized carbons (Fsp3) is 0.308. The molecular weight excluding hydrogens is 459 g/mol. The summed E-state index contributed by atoms with van der Waals surface area (Å²) in [5, 5.41) is 18.5. The highest BCUT2D eigenvalue weighted by atomic mass is 35.5. The van der Waals surface area contributed by atoms with Gasteiger partial charge in [-0.1, -0.05) is 71.7 Å². The molecule has 0 amide bonds. The normalized spacial score (nSPS) is 13.9. The van der Waals surface area contributed by atoms with E-state index in [1.807, 2.05) is 66.7 Å². The summed E-state index contributed by atoms with van der Waals surface area (Å²) >= 11 is 12.8. The van der Waals surface area contributed by atoms with Crippen LogP contribution < -0.4 is 20.1 Å². The summed E-state index contributed by atoms with van der Waals surface area (Å²) in [7, 11) is 4.88. The van der Waals surface area contributed by atoms with Crippen molar-refractivity contribution in [2.45, 2.75) is 31.2 Å². The minimum Gasteiger partial charge on any atom is -0.493 e. The molecule has 3 N–H and O–H groups in total. The highest BCUT2D eigenvalue weighted by Gasteiger charge is 2.27. The lowest BCUT2D eigenvalue weighted by Gasteiger charge is -2.31. The van der Waals surface area contributed by atoms with Gasteiger partial charge in [-0.15, -0.1) is 0 Å². The van der Waals surface area contributed by atoms with Crippen LogP contribution in [-0.4, -0.2) is 32.6 Å².